The normalized spacial score (nSPS) is 11.8. The van der Waals surface area contributed by atoms with Gasteiger partial charge in [0.05, 0.1) is 29.6 Å². The fourth-order valence-electron chi connectivity index (χ4n) is 2.27. The van der Waals surface area contributed by atoms with Gasteiger partial charge in [0.2, 0.25) is 0 Å². The largest absolute Gasteiger partial charge is 0.482 e. The van der Waals surface area contributed by atoms with Crippen molar-refractivity contribution in [2.45, 2.75) is 12.4 Å². The van der Waals surface area contributed by atoms with Gasteiger partial charge in [-0.3, -0.25) is 0 Å². The van der Waals surface area contributed by atoms with E-state index in [0.29, 0.717) is 18.2 Å². The first-order valence-corrected chi connectivity index (χ1v) is 7.29. The molecule has 0 aliphatic rings. The van der Waals surface area contributed by atoms with E-state index in [0.717, 1.165) is 17.9 Å². The van der Waals surface area contributed by atoms with Crippen LogP contribution in [0.2, 0.25) is 0 Å². The molecule has 1 aromatic heterocycles. The summed E-state index contributed by atoms with van der Waals surface area (Å²) in [6, 6.07) is 3.29. The van der Waals surface area contributed by atoms with E-state index in [2.05, 4.69) is 9.47 Å². The first-order valence-electron chi connectivity index (χ1n) is 7.29. The van der Waals surface area contributed by atoms with E-state index < -0.39 is 53.3 Å². The Labute approximate surface area is 153 Å². The molecule has 0 atom stereocenters. The Bertz CT molecular complexity index is 941. The molecule has 0 fully saturated rings. The van der Waals surface area contributed by atoms with Crippen LogP contribution in [0.15, 0.2) is 24.4 Å². The second-order valence-corrected chi connectivity index (χ2v) is 5.36. The molecule has 2 N–H and O–H groups in total. The van der Waals surface area contributed by atoms with Crippen molar-refractivity contribution in [3.63, 3.8) is 0 Å². The number of rotatable bonds is 4. The lowest BCUT2D eigenvalue weighted by Gasteiger charge is -2.17. The minimum Gasteiger partial charge on any atom is -0.482 e. The van der Waals surface area contributed by atoms with Crippen LogP contribution in [-0.4, -0.2) is 30.4 Å². The highest BCUT2D eigenvalue weighted by Crippen LogP contribution is 2.36. The summed E-state index contributed by atoms with van der Waals surface area (Å²) >= 11 is 0. The lowest BCUT2D eigenvalue weighted by Crippen LogP contribution is -2.20. The Morgan fingerprint density at radius 2 is 1.89 bits per heavy atom. The van der Waals surface area contributed by atoms with Gasteiger partial charge in [0.1, 0.15) is 11.8 Å². The molecular formula is C16H11F6N3O3. The second-order valence-electron chi connectivity index (χ2n) is 5.36. The third-order valence-corrected chi connectivity index (χ3v) is 3.48. The summed E-state index contributed by atoms with van der Waals surface area (Å²) < 4.78 is 86.4. The number of ether oxygens (including phenoxy) is 2. The lowest BCUT2D eigenvalue weighted by molar-refractivity contribution is -0.153. The minimum atomic E-state index is -4.83. The number of esters is 1. The number of nitrogens with two attached hydrogens (primary N) is 1. The zero-order valence-corrected chi connectivity index (χ0v) is 14.0. The SMILES string of the molecule is COC(=O)c1c(N)c(C#N)cn1-c1cc(C(F)(F)F)ccc1OCC(F)(F)F. The molecule has 0 bridgehead atoms. The molecule has 2 aromatic rings. The number of nitriles is 1. The molecule has 150 valence electrons. The number of alkyl halides is 6. The maximum Gasteiger partial charge on any atom is 0.422 e. The van der Waals surface area contributed by atoms with Crippen LogP contribution in [0.1, 0.15) is 21.6 Å². The van der Waals surface area contributed by atoms with E-state index in [1.807, 2.05) is 0 Å². The van der Waals surface area contributed by atoms with Crippen LogP contribution in [0.5, 0.6) is 5.75 Å². The van der Waals surface area contributed by atoms with E-state index in [1.54, 1.807) is 6.07 Å². The smallest absolute Gasteiger partial charge is 0.422 e. The lowest BCUT2D eigenvalue weighted by atomic mass is 10.1. The number of anilines is 1. The van der Waals surface area contributed by atoms with E-state index in [4.69, 9.17) is 11.0 Å². The zero-order chi connectivity index (χ0) is 21.3. The molecule has 1 heterocycles. The summed E-state index contributed by atoms with van der Waals surface area (Å²) in [7, 11) is 0.957. The van der Waals surface area contributed by atoms with Gasteiger partial charge in [0, 0.05) is 6.20 Å². The first-order chi connectivity index (χ1) is 12.9. The van der Waals surface area contributed by atoms with E-state index in [1.165, 1.54) is 0 Å². The number of nitrogen functional groups attached to an aromatic ring is 1. The highest BCUT2D eigenvalue weighted by molar-refractivity contribution is 5.96. The molecule has 0 saturated heterocycles. The summed E-state index contributed by atoms with van der Waals surface area (Å²) in [5.74, 6) is -1.73. The number of methoxy groups -OCH3 is 1. The predicted molar refractivity (Wildman–Crippen MR) is 82.8 cm³/mol. The van der Waals surface area contributed by atoms with Crippen molar-refractivity contribution in [1.82, 2.24) is 4.57 Å². The van der Waals surface area contributed by atoms with Gasteiger partial charge in [-0.1, -0.05) is 0 Å². The Hall–Kier alpha value is -3.36. The molecule has 28 heavy (non-hydrogen) atoms. The van der Waals surface area contributed by atoms with Gasteiger partial charge in [-0.25, -0.2) is 4.79 Å². The summed E-state index contributed by atoms with van der Waals surface area (Å²) in [6.07, 6.45) is -8.70. The topological polar surface area (TPSA) is 90.3 Å². The van der Waals surface area contributed by atoms with Gasteiger partial charge in [-0.15, -0.1) is 0 Å². The van der Waals surface area contributed by atoms with Crippen LogP contribution in [-0.2, 0) is 10.9 Å². The fraction of sp³-hybridized carbons (Fsp3) is 0.250. The molecule has 0 unspecified atom stereocenters. The van der Waals surface area contributed by atoms with Gasteiger partial charge in [-0.2, -0.15) is 31.6 Å². The van der Waals surface area contributed by atoms with Crippen LogP contribution >= 0.6 is 0 Å². The zero-order valence-electron chi connectivity index (χ0n) is 14.0. The molecule has 0 spiro atoms. The molecule has 0 saturated carbocycles. The fourth-order valence-corrected chi connectivity index (χ4v) is 2.27. The van der Waals surface area contributed by atoms with Crippen LogP contribution in [0.4, 0.5) is 32.0 Å². The molecular weight excluding hydrogens is 396 g/mol. The molecule has 12 heteroatoms. The van der Waals surface area contributed by atoms with E-state index in [9.17, 15) is 31.1 Å². The standard InChI is InChI=1S/C16H11F6N3O3/c1-27-14(26)13-12(24)8(5-23)6-25(13)10-4-9(16(20,21)22)2-3-11(10)28-7-15(17,18)19/h2-4,6H,7,24H2,1H3. The van der Waals surface area contributed by atoms with Gasteiger partial charge in [-0.05, 0) is 18.2 Å². The summed E-state index contributed by atoms with van der Waals surface area (Å²) in [4.78, 5) is 12.0. The average Bonchev–Trinajstić information content (AvgIpc) is 2.94. The molecule has 0 amide bonds. The van der Waals surface area contributed by atoms with Gasteiger partial charge in [0.15, 0.2) is 12.3 Å². The number of aromatic nitrogens is 1. The molecule has 0 radical (unpaired) electrons. The van der Waals surface area contributed by atoms with Crippen molar-refractivity contribution in [2.24, 2.45) is 0 Å². The summed E-state index contributed by atoms with van der Waals surface area (Å²) in [5.41, 5.74) is 2.63. The van der Waals surface area contributed by atoms with Crippen molar-refractivity contribution in [3.05, 3.63) is 41.2 Å². The van der Waals surface area contributed by atoms with Gasteiger partial charge in [0.25, 0.3) is 0 Å². The van der Waals surface area contributed by atoms with Crippen LogP contribution in [0.3, 0.4) is 0 Å². The number of benzene rings is 1. The maximum absolute atomic E-state index is 13.1. The second kappa shape index (κ2) is 7.34. The first kappa shape index (κ1) is 20.9. The van der Waals surface area contributed by atoms with Gasteiger partial charge >= 0.3 is 18.3 Å². The predicted octanol–water partition coefficient (Wildman–Crippen LogP) is 3.68. The van der Waals surface area contributed by atoms with Crippen molar-refractivity contribution >= 4 is 11.7 Å². The molecule has 0 aliphatic carbocycles. The van der Waals surface area contributed by atoms with Crippen molar-refractivity contribution < 1.29 is 40.6 Å². The highest BCUT2D eigenvalue weighted by Gasteiger charge is 2.34. The molecule has 6 nitrogen and oxygen atoms in total. The van der Waals surface area contributed by atoms with Crippen LogP contribution < -0.4 is 10.5 Å². The van der Waals surface area contributed by atoms with Crippen molar-refractivity contribution in [2.75, 3.05) is 19.5 Å². The van der Waals surface area contributed by atoms with Crippen LogP contribution in [0, 0.1) is 11.3 Å². The van der Waals surface area contributed by atoms with Crippen molar-refractivity contribution in [3.8, 4) is 17.5 Å². The number of carbonyl (C=O) groups excluding carboxylic acids is 1. The number of carbonyl (C=O) groups is 1. The summed E-state index contributed by atoms with van der Waals surface area (Å²) in [6.45, 7) is -1.79. The number of hydrogen-bond donors (Lipinski definition) is 1. The molecule has 2 rings (SSSR count). The molecule has 0 aliphatic heterocycles. The quantitative estimate of drug-likeness (QED) is 0.617. The number of nitrogens with zero attached hydrogens (tertiary/aromatic N) is 2. The van der Waals surface area contributed by atoms with Crippen molar-refractivity contribution in [1.29, 1.82) is 5.26 Å². The third-order valence-electron chi connectivity index (χ3n) is 3.48. The number of halogens is 6. The molecule has 1 aromatic carbocycles. The van der Waals surface area contributed by atoms with E-state index in [-0.39, 0.29) is 5.56 Å². The Morgan fingerprint density at radius 1 is 1.25 bits per heavy atom. The Morgan fingerprint density at radius 3 is 2.39 bits per heavy atom. The monoisotopic (exact) mass is 407 g/mol. The Balaban J connectivity index is 2.74. The third kappa shape index (κ3) is 4.30. The van der Waals surface area contributed by atoms with Crippen LogP contribution in [0.25, 0.3) is 5.69 Å². The summed E-state index contributed by atoms with van der Waals surface area (Å²) in [5, 5.41) is 9.07. The Kier molecular flexibility index (Phi) is 5.49. The maximum atomic E-state index is 13.1. The minimum absolute atomic E-state index is 0.292. The number of hydrogen-bond acceptors (Lipinski definition) is 5. The van der Waals surface area contributed by atoms with E-state index >= 15 is 0 Å². The average molecular weight is 407 g/mol. The van der Waals surface area contributed by atoms with Gasteiger partial charge < -0.3 is 19.8 Å². The highest BCUT2D eigenvalue weighted by atomic mass is 19.4.